The number of amides is 2. The van der Waals surface area contributed by atoms with E-state index in [2.05, 4.69) is 5.32 Å². The fraction of sp³-hybridized carbons (Fsp3) is 0.846. The zero-order valence-corrected chi connectivity index (χ0v) is 12.4. The third kappa shape index (κ3) is 4.08. The number of hydrogen-bond acceptors (Lipinski definition) is 3. The van der Waals surface area contributed by atoms with Crippen LogP contribution in [0.25, 0.3) is 0 Å². The van der Waals surface area contributed by atoms with Crippen LogP contribution < -0.4 is 5.32 Å². The Bertz CT molecular complexity index is 325. The Labute approximate surface area is 121 Å². The van der Waals surface area contributed by atoms with Crippen LogP contribution in [0.2, 0.25) is 0 Å². The fourth-order valence-electron chi connectivity index (χ4n) is 2.89. The van der Waals surface area contributed by atoms with Crippen LogP contribution in [0.4, 0.5) is 0 Å². The summed E-state index contributed by atoms with van der Waals surface area (Å²) < 4.78 is 0. The zero-order valence-electron chi connectivity index (χ0n) is 11.6. The number of carbonyl (C=O) groups is 2. The van der Waals surface area contributed by atoms with Gasteiger partial charge in [-0.1, -0.05) is 0 Å². The molecule has 0 aromatic heterocycles. The molecule has 2 aliphatic heterocycles. The largest absolute Gasteiger partial charge is 0.337 e. The maximum atomic E-state index is 12.2. The molecule has 1 atom stereocenters. The second-order valence-corrected chi connectivity index (χ2v) is 5.21. The quantitative estimate of drug-likeness (QED) is 0.826. The smallest absolute Gasteiger partial charge is 0.242 e. The SMILES string of the molecule is CNCC1CCCN1C(=O)CN1CCCCC1=O.Cl. The molecule has 0 saturated carbocycles. The molecule has 0 spiro atoms. The molecule has 110 valence electrons. The van der Waals surface area contributed by atoms with Gasteiger partial charge in [-0.15, -0.1) is 12.4 Å². The minimum absolute atomic E-state index is 0. The van der Waals surface area contributed by atoms with Crippen molar-refractivity contribution in [3.05, 3.63) is 0 Å². The van der Waals surface area contributed by atoms with Gasteiger partial charge in [-0.25, -0.2) is 0 Å². The summed E-state index contributed by atoms with van der Waals surface area (Å²) in [7, 11) is 1.91. The Balaban J connectivity index is 0.00000180. The van der Waals surface area contributed by atoms with Crippen LogP contribution in [-0.2, 0) is 9.59 Å². The number of nitrogens with zero attached hydrogens (tertiary/aromatic N) is 2. The first-order valence-electron chi connectivity index (χ1n) is 6.94. The van der Waals surface area contributed by atoms with Crippen LogP contribution in [-0.4, -0.2) is 60.9 Å². The predicted molar refractivity (Wildman–Crippen MR) is 76.3 cm³/mol. The van der Waals surface area contributed by atoms with Crippen molar-refractivity contribution in [2.24, 2.45) is 0 Å². The molecule has 0 bridgehead atoms. The van der Waals surface area contributed by atoms with E-state index in [9.17, 15) is 9.59 Å². The van der Waals surface area contributed by atoms with Crippen LogP contribution in [0.15, 0.2) is 0 Å². The molecule has 0 radical (unpaired) electrons. The number of piperidine rings is 1. The van der Waals surface area contributed by atoms with Crippen molar-refractivity contribution in [1.29, 1.82) is 0 Å². The van der Waals surface area contributed by atoms with Gasteiger partial charge >= 0.3 is 0 Å². The van der Waals surface area contributed by atoms with Crippen molar-refractivity contribution < 1.29 is 9.59 Å². The number of rotatable bonds is 4. The van der Waals surface area contributed by atoms with E-state index < -0.39 is 0 Å². The van der Waals surface area contributed by atoms with Crippen molar-refractivity contribution in [3.8, 4) is 0 Å². The van der Waals surface area contributed by atoms with E-state index in [0.29, 0.717) is 12.5 Å². The molecule has 1 unspecified atom stereocenters. The van der Waals surface area contributed by atoms with Crippen LogP contribution in [0.1, 0.15) is 32.1 Å². The van der Waals surface area contributed by atoms with Gasteiger partial charge in [-0.3, -0.25) is 9.59 Å². The normalized spacial score (nSPS) is 23.4. The van der Waals surface area contributed by atoms with Crippen molar-refractivity contribution in [3.63, 3.8) is 0 Å². The Morgan fingerprint density at radius 1 is 1.32 bits per heavy atom. The molecule has 1 N–H and O–H groups in total. The van der Waals surface area contributed by atoms with Crippen molar-refractivity contribution in [2.45, 2.75) is 38.1 Å². The summed E-state index contributed by atoms with van der Waals surface area (Å²) >= 11 is 0. The van der Waals surface area contributed by atoms with E-state index in [-0.39, 0.29) is 30.8 Å². The van der Waals surface area contributed by atoms with Crippen LogP contribution in [0.3, 0.4) is 0 Å². The zero-order chi connectivity index (χ0) is 13.0. The Kier molecular flexibility index (Phi) is 6.58. The molecule has 0 aromatic rings. The van der Waals surface area contributed by atoms with E-state index in [1.807, 2.05) is 11.9 Å². The van der Waals surface area contributed by atoms with E-state index in [4.69, 9.17) is 0 Å². The predicted octanol–water partition coefficient (Wildman–Crippen LogP) is 0.631. The molecule has 19 heavy (non-hydrogen) atoms. The maximum Gasteiger partial charge on any atom is 0.242 e. The summed E-state index contributed by atoms with van der Waals surface area (Å²) in [5.41, 5.74) is 0. The highest BCUT2D eigenvalue weighted by molar-refractivity contribution is 5.85. The van der Waals surface area contributed by atoms with Gasteiger partial charge in [-0.2, -0.15) is 0 Å². The molecule has 6 heteroatoms. The average Bonchev–Trinajstić information content (AvgIpc) is 2.81. The van der Waals surface area contributed by atoms with E-state index >= 15 is 0 Å². The van der Waals surface area contributed by atoms with Gasteiger partial charge in [0.2, 0.25) is 11.8 Å². The molecular formula is C13H24ClN3O2. The average molecular weight is 290 g/mol. The highest BCUT2D eigenvalue weighted by atomic mass is 35.5. The van der Waals surface area contributed by atoms with Gasteiger partial charge in [0.15, 0.2) is 0 Å². The lowest BCUT2D eigenvalue weighted by atomic mass is 10.1. The topological polar surface area (TPSA) is 52.7 Å². The fourth-order valence-corrected chi connectivity index (χ4v) is 2.89. The monoisotopic (exact) mass is 289 g/mol. The van der Waals surface area contributed by atoms with Gasteiger partial charge in [0.05, 0.1) is 6.54 Å². The van der Waals surface area contributed by atoms with Crippen molar-refractivity contribution in [2.75, 3.05) is 33.2 Å². The molecule has 0 aromatic carbocycles. The molecular weight excluding hydrogens is 266 g/mol. The Hall–Kier alpha value is -0.810. The summed E-state index contributed by atoms with van der Waals surface area (Å²) in [6, 6.07) is 0.308. The second-order valence-electron chi connectivity index (χ2n) is 5.21. The van der Waals surface area contributed by atoms with Crippen LogP contribution >= 0.6 is 12.4 Å². The van der Waals surface area contributed by atoms with Gasteiger partial charge in [0.25, 0.3) is 0 Å². The maximum absolute atomic E-state index is 12.2. The molecule has 2 aliphatic rings. The number of likely N-dealkylation sites (N-methyl/N-ethyl adjacent to an activating group) is 1. The van der Waals surface area contributed by atoms with Gasteiger partial charge < -0.3 is 15.1 Å². The number of likely N-dealkylation sites (tertiary alicyclic amines) is 2. The van der Waals surface area contributed by atoms with E-state index in [1.54, 1.807) is 4.90 Å². The lowest BCUT2D eigenvalue weighted by Gasteiger charge is -2.30. The first kappa shape index (κ1) is 16.2. The summed E-state index contributed by atoms with van der Waals surface area (Å²) in [6.45, 7) is 2.71. The molecule has 2 rings (SSSR count). The molecule has 2 fully saturated rings. The molecule has 5 nitrogen and oxygen atoms in total. The highest BCUT2D eigenvalue weighted by Gasteiger charge is 2.30. The second kappa shape index (κ2) is 7.70. The van der Waals surface area contributed by atoms with Crippen LogP contribution in [0.5, 0.6) is 0 Å². The first-order chi connectivity index (χ1) is 8.72. The Morgan fingerprint density at radius 2 is 2.11 bits per heavy atom. The molecule has 2 heterocycles. The number of halogens is 1. The molecule has 0 aliphatic carbocycles. The third-order valence-corrected chi connectivity index (χ3v) is 3.88. The standard InChI is InChI=1S/C13H23N3O2.ClH/c1-14-9-11-5-4-8-16(11)13(18)10-15-7-3-2-6-12(15)17;/h11,14H,2-10H2,1H3;1H. The van der Waals surface area contributed by atoms with Crippen LogP contribution in [0, 0.1) is 0 Å². The minimum Gasteiger partial charge on any atom is -0.337 e. The van der Waals surface area contributed by atoms with Gasteiger partial charge in [0, 0.05) is 32.1 Å². The number of carbonyl (C=O) groups excluding carboxylic acids is 2. The molecule has 2 amide bonds. The lowest BCUT2D eigenvalue weighted by Crippen LogP contribution is -2.48. The summed E-state index contributed by atoms with van der Waals surface area (Å²) in [5, 5.41) is 3.13. The van der Waals surface area contributed by atoms with Gasteiger partial charge in [-0.05, 0) is 32.7 Å². The summed E-state index contributed by atoms with van der Waals surface area (Å²) in [6.07, 6.45) is 4.74. The van der Waals surface area contributed by atoms with E-state index in [1.165, 1.54) is 0 Å². The third-order valence-electron chi connectivity index (χ3n) is 3.88. The van der Waals surface area contributed by atoms with Crippen molar-refractivity contribution >= 4 is 24.2 Å². The highest BCUT2D eigenvalue weighted by Crippen LogP contribution is 2.18. The number of hydrogen-bond donors (Lipinski definition) is 1. The minimum atomic E-state index is 0. The summed E-state index contributed by atoms with van der Waals surface area (Å²) in [5.74, 6) is 0.252. The summed E-state index contributed by atoms with van der Waals surface area (Å²) in [4.78, 5) is 27.6. The van der Waals surface area contributed by atoms with Gasteiger partial charge in [0.1, 0.15) is 0 Å². The van der Waals surface area contributed by atoms with E-state index in [0.717, 1.165) is 45.3 Å². The lowest BCUT2D eigenvalue weighted by molar-refractivity contribution is -0.142. The first-order valence-corrected chi connectivity index (χ1v) is 6.94. The van der Waals surface area contributed by atoms with Crippen molar-refractivity contribution in [1.82, 2.24) is 15.1 Å². The molecule has 2 saturated heterocycles. The Morgan fingerprint density at radius 3 is 2.79 bits per heavy atom. The number of nitrogens with one attached hydrogen (secondary N) is 1.